The van der Waals surface area contributed by atoms with Gasteiger partial charge in [0.2, 0.25) is 0 Å². The van der Waals surface area contributed by atoms with E-state index in [9.17, 15) is 0 Å². The van der Waals surface area contributed by atoms with E-state index in [0.29, 0.717) is 6.10 Å². The molecule has 1 aromatic heterocycles. The summed E-state index contributed by atoms with van der Waals surface area (Å²) in [6.07, 6.45) is 3.20. The Kier molecular flexibility index (Phi) is 3.29. The molecule has 88 valence electrons. The third-order valence-electron chi connectivity index (χ3n) is 2.93. The number of hydrogen-bond acceptors (Lipinski definition) is 4. The van der Waals surface area contributed by atoms with E-state index in [2.05, 4.69) is 16.8 Å². The minimum absolute atomic E-state index is 0.302. The Morgan fingerprint density at radius 1 is 1.62 bits per heavy atom. The van der Waals surface area contributed by atoms with Crippen LogP contribution in [0.4, 0.5) is 11.5 Å². The second kappa shape index (κ2) is 4.70. The number of rotatable bonds is 2. The number of hydrogen-bond donors (Lipinski definition) is 1. The SMILES string of the molecule is CCC1CN(c2ncc(C)cc2N)CCO1. The highest BCUT2D eigenvalue weighted by atomic mass is 16.5. The van der Waals surface area contributed by atoms with Gasteiger partial charge in [0.1, 0.15) is 0 Å². The van der Waals surface area contributed by atoms with Gasteiger partial charge in [-0.2, -0.15) is 0 Å². The molecule has 16 heavy (non-hydrogen) atoms. The highest BCUT2D eigenvalue weighted by Crippen LogP contribution is 2.23. The topological polar surface area (TPSA) is 51.4 Å². The van der Waals surface area contributed by atoms with Crippen molar-refractivity contribution in [3.05, 3.63) is 17.8 Å². The molecule has 1 unspecified atom stereocenters. The van der Waals surface area contributed by atoms with Gasteiger partial charge in [0.25, 0.3) is 0 Å². The molecular weight excluding hydrogens is 202 g/mol. The number of nitrogens with zero attached hydrogens (tertiary/aromatic N) is 2. The van der Waals surface area contributed by atoms with E-state index < -0.39 is 0 Å². The Morgan fingerprint density at radius 3 is 3.12 bits per heavy atom. The van der Waals surface area contributed by atoms with E-state index in [0.717, 1.165) is 43.2 Å². The number of morpholine rings is 1. The first-order valence-electron chi connectivity index (χ1n) is 5.79. The normalized spacial score (nSPS) is 21.1. The number of nitrogen functional groups attached to an aromatic ring is 1. The fraction of sp³-hybridized carbons (Fsp3) is 0.583. The molecule has 2 rings (SSSR count). The van der Waals surface area contributed by atoms with E-state index in [-0.39, 0.29) is 0 Å². The van der Waals surface area contributed by atoms with Crippen LogP contribution in [0.15, 0.2) is 12.3 Å². The standard InChI is InChI=1S/C12H19N3O/c1-3-10-8-15(4-5-16-10)12-11(13)6-9(2)7-14-12/h6-7,10H,3-5,8,13H2,1-2H3. The van der Waals surface area contributed by atoms with Crippen molar-refractivity contribution in [2.75, 3.05) is 30.3 Å². The van der Waals surface area contributed by atoms with Crippen LogP contribution >= 0.6 is 0 Å². The summed E-state index contributed by atoms with van der Waals surface area (Å²) in [5, 5.41) is 0. The van der Waals surface area contributed by atoms with Crippen LogP contribution in [0.3, 0.4) is 0 Å². The first-order valence-corrected chi connectivity index (χ1v) is 5.79. The Labute approximate surface area is 96.4 Å². The van der Waals surface area contributed by atoms with Gasteiger partial charge in [-0.15, -0.1) is 0 Å². The zero-order chi connectivity index (χ0) is 11.5. The van der Waals surface area contributed by atoms with Crippen molar-refractivity contribution in [2.45, 2.75) is 26.4 Å². The maximum Gasteiger partial charge on any atom is 0.151 e. The highest BCUT2D eigenvalue weighted by molar-refractivity contribution is 5.63. The van der Waals surface area contributed by atoms with Crippen LogP contribution in [0.1, 0.15) is 18.9 Å². The van der Waals surface area contributed by atoms with Crippen molar-refractivity contribution >= 4 is 11.5 Å². The van der Waals surface area contributed by atoms with Crippen molar-refractivity contribution in [3.8, 4) is 0 Å². The smallest absolute Gasteiger partial charge is 0.151 e. The Morgan fingerprint density at radius 2 is 2.44 bits per heavy atom. The van der Waals surface area contributed by atoms with E-state index in [1.165, 1.54) is 0 Å². The van der Waals surface area contributed by atoms with Gasteiger partial charge in [0, 0.05) is 19.3 Å². The Hall–Kier alpha value is -1.29. The van der Waals surface area contributed by atoms with Crippen LogP contribution in [-0.4, -0.2) is 30.8 Å². The average molecular weight is 221 g/mol. The van der Waals surface area contributed by atoms with E-state index >= 15 is 0 Å². The summed E-state index contributed by atoms with van der Waals surface area (Å²) < 4.78 is 5.63. The lowest BCUT2D eigenvalue weighted by Crippen LogP contribution is -2.42. The molecule has 4 nitrogen and oxygen atoms in total. The number of aryl methyl sites for hydroxylation is 1. The first kappa shape index (κ1) is 11.2. The maximum absolute atomic E-state index is 5.99. The van der Waals surface area contributed by atoms with Crippen molar-refractivity contribution < 1.29 is 4.74 Å². The van der Waals surface area contributed by atoms with Crippen LogP contribution in [0.2, 0.25) is 0 Å². The summed E-state index contributed by atoms with van der Waals surface area (Å²) in [6, 6.07) is 1.97. The van der Waals surface area contributed by atoms with Gasteiger partial charge >= 0.3 is 0 Å². The van der Waals surface area contributed by atoms with Gasteiger partial charge < -0.3 is 15.4 Å². The third kappa shape index (κ3) is 2.27. The van der Waals surface area contributed by atoms with E-state index in [1.807, 2.05) is 19.2 Å². The fourth-order valence-electron chi connectivity index (χ4n) is 2.01. The summed E-state index contributed by atoms with van der Waals surface area (Å²) in [5.41, 5.74) is 7.85. The monoisotopic (exact) mass is 221 g/mol. The highest BCUT2D eigenvalue weighted by Gasteiger charge is 2.21. The summed E-state index contributed by atoms with van der Waals surface area (Å²) in [7, 11) is 0. The van der Waals surface area contributed by atoms with Crippen LogP contribution in [0.5, 0.6) is 0 Å². The van der Waals surface area contributed by atoms with E-state index in [1.54, 1.807) is 0 Å². The van der Waals surface area contributed by atoms with Gasteiger partial charge in [-0.25, -0.2) is 4.98 Å². The van der Waals surface area contributed by atoms with Crippen molar-refractivity contribution in [1.29, 1.82) is 0 Å². The van der Waals surface area contributed by atoms with Crippen LogP contribution in [0, 0.1) is 6.92 Å². The second-order valence-electron chi connectivity index (χ2n) is 4.27. The zero-order valence-electron chi connectivity index (χ0n) is 9.94. The lowest BCUT2D eigenvalue weighted by Gasteiger charge is -2.33. The lowest BCUT2D eigenvalue weighted by molar-refractivity contribution is 0.0382. The molecule has 4 heteroatoms. The lowest BCUT2D eigenvalue weighted by atomic mass is 10.2. The molecule has 2 N–H and O–H groups in total. The molecule has 0 bridgehead atoms. The van der Waals surface area contributed by atoms with Crippen molar-refractivity contribution in [3.63, 3.8) is 0 Å². The summed E-state index contributed by atoms with van der Waals surface area (Å²) in [4.78, 5) is 6.63. The minimum Gasteiger partial charge on any atom is -0.396 e. The fourth-order valence-corrected chi connectivity index (χ4v) is 2.01. The zero-order valence-corrected chi connectivity index (χ0v) is 9.94. The molecule has 1 fully saturated rings. The molecular formula is C12H19N3O. The van der Waals surface area contributed by atoms with Crippen LogP contribution in [-0.2, 0) is 4.74 Å². The van der Waals surface area contributed by atoms with Crippen molar-refractivity contribution in [2.24, 2.45) is 0 Å². The number of ether oxygens (including phenoxy) is 1. The van der Waals surface area contributed by atoms with Crippen LogP contribution in [0.25, 0.3) is 0 Å². The quantitative estimate of drug-likeness (QED) is 0.824. The summed E-state index contributed by atoms with van der Waals surface area (Å²) >= 11 is 0. The number of anilines is 2. The second-order valence-corrected chi connectivity index (χ2v) is 4.27. The molecule has 0 spiro atoms. The molecule has 1 aromatic rings. The molecule has 0 aliphatic carbocycles. The van der Waals surface area contributed by atoms with Gasteiger partial charge in [-0.05, 0) is 25.0 Å². The first-order chi connectivity index (χ1) is 7.70. The molecule has 1 aliphatic heterocycles. The Bertz CT molecular complexity index is 367. The predicted octanol–water partition coefficient (Wildman–Crippen LogP) is 1.59. The van der Waals surface area contributed by atoms with Crippen molar-refractivity contribution in [1.82, 2.24) is 4.98 Å². The van der Waals surface area contributed by atoms with Crippen LogP contribution < -0.4 is 10.6 Å². The molecule has 0 saturated carbocycles. The van der Waals surface area contributed by atoms with Gasteiger partial charge in [-0.1, -0.05) is 6.92 Å². The molecule has 2 heterocycles. The van der Waals surface area contributed by atoms with Gasteiger partial charge in [0.05, 0.1) is 18.4 Å². The number of aromatic nitrogens is 1. The van der Waals surface area contributed by atoms with Gasteiger partial charge in [-0.3, -0.25) is 0 Å². The Balaban J connectivity index is 2.16. The van der Waals surface area contributed by atoms with E-state index in [4.69, 9.17) is 10.5 Å². The molecule has 1 saturated heterocycles. The average Bonchev–Trinajstić information content (AvgIpc) is 2.29. The number of pyridine rings is 1. The largest absolute Gasteiger partial charge is 0.396 e. The summed E-state index contributed by atoms with van der Waals surface area (Å²) in [6.45, 7) is 6.66. The molecule has 1 aliphatic rings. The third-order valence-corrected chi connectivity index (χ3v) is 2.93. The molecule has 0 amide bonds. The molecule has 0 radical (unpaired) electrons. The number of nitrogens with two attached hydrogens (primary N) is 1. The summed E-state index contributed by atoms with van der Waals surface area (Å²) in [5.74, 6) is 0.896. The maximum atomic E-state index is 5.99. The van der Waals surface area contributed by atoms with Gasteiger partial charge in [0.15, 0.2) is 5.82 Å². The molecule has 0 aromatic carbocycles. The minimum atomic E-state index is 0.302. The molecule has 1 atom stereocenters. The predicted molar refractivity (Wildman–Crippen MR) is 65.6 cm³/mol.